The molecule has 168 valence electrons. The van der Waals surface area contributed by atoms with Crippen molar-refractivity contribution >= 4 is 16.8 Å². The summed E-state index contributed by atoms with van der Waals surface area (Å²) in [4.78, 5) is 24.8. The van der Waals surface area contributed by atoms with Gasteiger partial charge < -0.3 is 10.1 Å². The molecule has 1 saturated heterocycles. The number of rotatable bonds is 8. The third-order valence-corrected chi connectivity index (χ3v) is 6.52. The van der Waals surface area contributed by atoms with Crippen molar-refractivity contribution in [2.75, 3.05) is 32.8 Å². The molecule has 1 aliphatic heterocycles. The first kappa shape index (κ1) is 22.4. The molecule has 0 bridgehead atoms. The molecule has 0 radical (unpaired) electrons. The molecule has 3 heterocycles. The number of aromatic nitrogens is 2. The molecule has 6 nitrogen and oxygen atoms in total. The van der Waals surface area contributed by atoms with E-state index in [9.17, 15) is 4.79 Å². The molecule has 1 fully saturated rings. The lowest BCUT2D eigenvalue weighted by molar-refractivity contribution is 0.00192. The highest BCUT2D eigenvalue weighted by molar-refractivity contribution is 6.07. The van der Waals surface area contributed by atoms with Crippen LogP contribution in [0, 0.1) is 5.92 Å². The van der Waals surface area contributed by atoms with Crippen LogP contribution < -0.4 is 5.32 Å². The molecule has 1 atom stereocenters. The monoisotopic (exact) mass is 432 g/mol. The second-order valence-electron chi connectivity index (χ2n) is 8.31. The van der Waals surface area contributed by atoms with Gasteiger partial charge in [-0.3, -0.25) is 14.7 Å². The second kappa shape index (κ2) is 10.7. The van der Waals surface area contributed by atoms with E-state index in [4.69, 9.17) is 9.72 Å². The summed E-state index contributed by atoms with van der Waals surface area (Å²) in [6.45, 7) is 8.46. The molecule has 1 N–H and O–H groups in total. The van der Waals surface area contributed by atoms with Crippen molar-refractivity contribution in [3.8, 4) is 11.3 Å². The van der Waals surface area contributed by atoms with Crippen LogP contribution in [0.3, 0.4) is 0 Å². The average molecular weight is 433 g/mol. The van der Waals surface area contributed by atoms with Crippen molar-refractivity contribution < 1.29 is 9.53 Å². The standard InChI is InChI=1S/C26H32N4O2/c1-3-19(4-2)25(30-13-15-32-16-14-30)18-28-26(31)22-17-24(20-9-11-27-12-10-20)29-23-8-6-5-7-21(22)23/h5-12,17,19,25H,3-4,13-16,18H2,1-2H3,(H,28,31). The third kappa shape index (κ3) is 4.97. The summed E-state index contributed by atoms with van der Waals surface area (Å²) >= 11 is 0. The normalized spacial score (nSPS) is 15.7. The van der Waals surface area contributed by atoms with E-state index >= 15 is 0 Å². The van der Waals surface area contributed by atoms with Crippen LogP contribution in [0.5, 0.6) is 0 Å². The summed E-state index contributed by atoms with van der Waals surface area (Å²) in [5.74, 6) is 0.484. The van der Waals surface area contributed by atoms with Gasteiger partial charge in [0.1, 0.15) is 0 Å². The zero-order chi connectivity index (χ0) is 22.3. The number of fused-ring (bicyclic) bond motifs is 1. The van der Waals surface area contributed by atoms with Gasteiger partial charge in [0, 0.05) is 49.0 Å². The number of hydrogen-bond donors (Lipinski definition) is 1. The number of carbonyl (C=O) groups is 1. The molecule has 2 aromatic heterocycles. The first-order valence-electron chi connectivity index (χ1n) is 11.6. The maximum Gasteiger partial charge on any atom is 0.252 e. The Morgan fingerprint density at radius 2 is 1.81 bits per heavy atom. The Hall–Kier alpha value is -2.83. The molecule has 4 rings (SSSR count). The number of pyridine rings is 2. The topological polar surface area (TPSA) is 67.4 Å². The van der Waals surface area contributed by atoms with Crippen LogP contribution >= 0.6 is 0 Å². The van der Waals surface area contributed by atoms with Gasteiger partial charge in [-0.25, -0.2) is 4.98 Å². The van der Waals surface area contributed by atoms with Crippen molar-refractivity contribution in [2.45, 2.75) is 32.7 Å². The SMILES string of the molecule is CCC(CC)C(CNC(=O)c1cc(-c2ccncc2)nc2ccccc12)N1CCOCC1. The first-order chi connectivity index (χ1) is 15.7. The minimum atomic E-state index is -0.0527. The summed E-state index contributed by atoms with van der Waals surface area (Å²) in [6, 6.07) is 13.9. The Bertz CT molecular complexity index is 1030. The van der Waals surface area contributed by atoms with Crippen molar-refractivity contribution in [1.82, 2.24) is 20.2 Å². The minimum absolute atomic E-state index is 0.0527. The van der Waals surface area contributed by atoms with Gasteiger partial charge in [-0.15, -0.1) is 0 Å². The summed E-state index contributed by atoms with van der Waals surface area (Å²) in [7, 11) is 0. The number of ether oxygens (including phenoxy) is 1. The van der Waals surface area contributed by atoms with Crippen molar-refractivity contribution in [2.24, 2.45) is 5.92 Å². The summed E-state index contributed by atoms with van der Waals surface area (Å²) < 4.78 is 5.55. The largest absolute Gasteiger partial charge is 0.379 e. The zero-order valence-electron chi connectivity index (χ0n) is 19.0. The third-order valence-electron chi connectivity index (χ3n) is 6.52. The van der Waals surface area contributed by atoms with E-state index < -0.39 is 0 Å². The number of carbonyl (C=O) groups excluding carboxylic acids is 1. The maximum atomic E-state index is 13.4. The van der Waals surface area contributed by atoms with E-state index in [2.05, 4.69) is 29.0 Å². The molecule has 1 unspecified atom stereocenters. The predicted molar refractivity (Wildman–Crippen MR) is 128 cm³/mol. The number of amides is 1. The molecule has 0 saturated carbocycles. The van der Waals surface area contributed by atoms with Crippen molar-refractivity contribution in [3.63, 3.8) is 0 Å². The smallest absolute Gasteiger partial charge is 0.252 e. The van der Waals surface area contributed by atoms with Gasteiger partial charge in [0.15, 0.2) is 0 Å². The molecule has 3 aromatic rings. The quantitative estimate of drug-likeness (QED) is 0.579. The van der Waals surface area contributed by atoms with Crippen molar-refractivity contribution in [1.29, 1.82) is 0 Å². The predicted octanol–water partition coefficient (Wildman–Crippen LogP) is 4.16. The molecule has 0 aliphatic carbocycles. The summed E-state index contributed by atoms with van der Waals surface area (Å²) in [5, 5.41) is 4.12. The van der Waals surface area contributed by atoms with Crippen LogP contribution in [0.4, 0.5) is 0 Å². The summed E-state index contributed by atoms with van der Waals surface area (Å²) in [5.41, 5.74) is 3.20. The molecule has 1 aliphatic rings. The highest BCUT2D eigenvalue weighted by Crippen LogP contribution is 2.25. The van der Waals surface area contributed by atoms with E-state index in [1.54, 1.807) is 12.4 Å². The second-order valence-corrected chi connectivity index (χ2v) is 8.31. The fourth-order valence-electron chi connectivity index (χ4n) is 4.66. The number of benzene rings is 1. The lowest BCUT2D eigenvalue weighted by Crippen LogP contribution is -2.52. The molecule has 6 heteroatoms. The molecule has 32 heavy (non-hydrogen) atoms. The number of hydrogen-bond acceptors (Lipinski definition) is 5. The lowest BCUT2D eigenvalue weighted by atomic mass is 9.92. The maximum absolute atomic E-state index is 13.4. The van der Waals surface area contributed by atoms with Gasteiger partial charge in [-0.1, -0.05) is 44.9 Å². The van der Waals surface area contributed by atoms with Crippen LogP contribution in [0.1, 0.15) is 37.0 Å². The van der Waals surface area contributed by atoms with Gasteiger partial charge in [0.05, 0.1) is 30.0 Å². The number of para-hydroxylation sites is 1. The highest BCUT2D eigenvalue weighted by atomic mass is 16.5. The Balaban J connectivity index is 1.61. The number of nitrogens with zero attached hydrogens (tertiary/aromatic N) is 3. The average Bonchev–Trinajstić information content (AvgIpc) is 2.86. The fourth-order valence-corrected chi connectivity index (χ4v) is 4.66. The molecule has 1 aromatic carbocycles. The highest BCUT2D eigenvalue weighted by Gasteiger charge is 2.27. The van der Waals surface area contributed by atoms with E-state index in [-0.39, 0.29) is 5.91 Å². The van der Waals surface area contributed by atoms with Gasteiger partial charge in [0.25, 0.3) is 5.91 Å². The van der Waals surface area contributed by atoms with Crippen LogP contribution in [-0.4, -0.2) is 59.7 Å². The van der Waals surface area contributed by atoms with E-state index in [0.717, 1.165) is 61.3 Å². The van der Waals surface area contributed by atoms with Crippen LogP contribution in [0.15, 0.2) is 54.9 Å². The van der Waals surface area contributed by atoms with Gasteiger partial charge >= 0.3 is 0 Å². The minimum Gasteiger partial charge on any atom is -0.379 e. The Kier molecular flexibility index (Phi) is 7.45. The first-order valence-corrected chi connectivity index (χ1v) is 11.6. The van der Waals surface area contributed by atoms with Crippen LogP contribution in [0.2, 0.25) is 0 Å². The Labute approximate surface area is 190 Å². The fraction of sp³-hybridized carbons (Fsp3) is 0.423. The lowest BCUT2D eigenvalue weighted by Gasteiger charge is -2.38. The van der Waals surface area contributed by atoms with Crippen molar-refractivity contribution in [3.05, 3.63) is 60.4 Å². The van der Waals surface area contributed by atoms with Crippen LogP contribution in [-0.2, 0) is 4.74 Å². The molecule has 1 amide bonds. The van der Waals surface area contributed by atoms with Crippen LogP contribution in [0.25, 0.3) is 22.2 Å². The number of nitrogens with one attached hydrogen (secondary N) is 1. The Morgan fingerprint density at radius 1 is 1.09 bits per heavy atom. The Morgan fingerprint density at radius 3 is 2.53 bits per heavy atom. The van der Waals surface area contributed by atoms with E-state index in [1.165, 1.54) is 0 Å². The van der Waals surface area contributed by atoms with Gasteiger partial charge in [-0.2, -0.15) is 0 Å². The number of morpholine rings is 1. The molecular weight excluding hydrogens is 400 g/mol. The van der Waals surface area contributed by atoms with Gasteiger partial charge in [-0.05, 0) is 30.2 Å². The molecule has 0 spiro atoms. The van der Waals surface area contributed by atoms with Gasteiger partial charge in [0.2, 0.25) is 0 Å². The zero-order valence-corrected chi connectivity index (χ0v) is 19.0. The van der Waals surface area contributed by atoms with E-state index in [1.807, 2.05) is 42.5 Å². The summed E-state index contributed by atoms with van der Waals surface area (Å²) in [6.07, 6.45) is 5.68. The molecular formula is C26H32N4O2. The van der Waals surface area contributed by atoms with E-state index in [0.29, 0.717) is 24.1 Å².